The number of hydrogen-bond acceptors (Lipinski definition) is 4. The maximum absolute atomic E-state index is 12.1. The number of unbranched alkanes of at least 4 members (excludes halogenated alkanes) is 5. The van der Waals surface area contributed by atoms with Crippen LogP contribution >= 0.6 is 0 Å². The normalized spacial score (nSPS) is 18.7. The van der Waals surface area contributed by atoms with Gasteiger partial charge in [0.1, 0.15) is 17.6 Å². The van der Waals surface area contributed by atoms with E-state index in [1.165, 1.54) is 25.7 Å². The maximum Gasteiger partial charge on any atom is 0.232 e. The molecule has 3 rings (SSSR count). The van der Waals surface area contributed by atoms with Crippen LogP contribution in [0.4, 0.5) is 0 Å². The van der Waals surface area contributed by atoms with Crippen LogP contribution in [-0.2, 0) is 15.4 Å². The molecule has 0 fully saturated rings. The van der Waals surface area contributed by atoms with Gasteiger partial charge in [-0.15, -0.1) is 0 Å². The van der Waals surface area contributed by atoms with E-state index in [4.69, 9.17) is 9.02 Å². The zero-order valence-corrected chi connectivity index (χ0v) is 16.4. The first-order chi connectivity index (χ1) is 12.7. The summed E-state index contributed by atoms with van der Waals surface area (Å²) in [5.41, 5.74) is 1.67. The Hall–Kier alpha value is -1.88. The van der Waals surface area contributed by atoms with Gasteiger partial charge in [-0.3, -0.25) is 4.28 Å². The molecule has 2 aromatic carbocycles. The number of fused-ring (bicyclic) bond motifs is 3. The summed E-state index contributed by atoms with van der Waals surface area (Å²) in [6.07, 6.45) is 6.77. The molecule has 0 aliphatic carbocycles. The van der Waals surface area contributed by atoms with E-state index in [2.05, 4.69) is 24.2 Å². The summed E-state index contributed by atoms with van der Waals surface area (Å²) in [7, 11) is 0. The van der Waals surface area contributed by atoms with Crippen molar-refractivity contribution in [3.63, 3.8) is 0 Å². The smallest absolute Gasteiger partial charge is 0.232 e. The standard InChI is InChI=1S/C21H27NO3S/c1-3-4-5-6-7-10-15-26(23)25-22-21-16(2)24-19-14-13-17-11-8-9-12-18(17)20(19)21/h8-9,11-14,16H,3-7,10,15H2,1-2H3/b22-21+. The highest BCUT2D eigenvalue weighted by Crippen LogP contribution is 2.35. The van der Waals surface area contributed by atoms with Crippen molar-refractivity contribution in [1.82, 2.24) is 0 Å². The fourth-order valence-electron chi connectivity index (χ4n) is 3.30. The van der Waals surface area contributed by atoms with Gasteiger partial charge in [-0.25, -0.2) is 4.21 Å². The molecule has 4 nitrogen and oxygen atoms in total. The third-order valence-corrected chi connectivity index (χ3v) is 5.58. The van der Waals surface area contributed by atoms with Crippen molar-refractivity contribution in [2.45, 2.75) is 58.5 Å². The van der Waals surface area contributed by atoms with Crippen LogP contribution in [0.2, 0.25) is 0 Å². The largest absolute Gasteiger partial charge is 0.484 e. The molecule has 1 aliphatic rings. The van der Waals surface area contributed by atoms with E-state index in [9.17, 15) is 4.21 Å². The SMILES string of the molecule is CCCCCCCCS(=O)O/N=C1/c2c(ccc3ccccc23)OC1C. The van der Waals surface area contributed by atoms with E-state index in [1.54, 1.807) is 0 Å². The number of oxime groups is 1. The fourth-order valence-corrected chi connectivity index (χ4v) is 3.98. The van der Waals surface area contributed by atoms with Gasteiger partial charge in [-0.05, 0) is 30.2 Å². The average Bonchev–Trinajstić information content (AvgIpc) is 2.98. The molecular weight excluding hydrogens is 346 g/mol. The fraction of sp³-hybridized carbons (Fsp3) is 0.476. The highest BCUT2D eigenvalue weighted by Gasteiger charge is 2.29. The Morgan fingerprint density at radius 1 is 1.08 bits per heavy atom. The molecule has 0 bridgehead atoms. The average molecular weight is 374 g/mol. The molecule has 1 aliphatic heterocycles. The van der Waals surface area contributed by atoms with Crippen molar-refractivity contribution >= 4 is 27.6 Å². The van der Waals surface area contributed by atoms with Crippen LogP contribution in [-0.4, -0.2) is 21.8 Å². The van der Waals surface area contributed by atoms with Crippen LogP contribution in [0, 0.1) is 0 Å². The molecule has 140 valence electrons. The van der Waals surface area contributed by atoms with Gasteiger partial charge in [0.2, 0.25) is 11.1 Å². The van der Waals surface area contributed by atoms with Crippen molar-refractivity contribution in [2.75, 3.05) is 5.75 Å². The summed E-state index contributed by atoms with van der Waals surface area (Å²) in [5, 5.41) is 6.43. The summed E-state index contributed by atoms with van der Waals surface area (Å²) >= 11 is -1.39. The van der Waals surface area contributed by atoms with Crippen LogP contribution < -0.4 is 4.74 Å². The molecule has 0 saturated carbocycles. The van der Waals surface area contributed by atoms with Gasteiger partial charge in [0, 0.05) is 0 Å². The minimum Gasteiger partial charge on any atom is -0.484 e. The maximum atomic E-state index is 12.1. The Balaban J connectivity index is 1.63. The molecule has 2 atom stereocenters. The molecule has 2 aromatic rings. The molecule has 0 N–H and O–H groups in total. The van der Waals surface area contributed by atoms with Crippen LogP contribution in [0.1, 0.15) is 57.9 Å². The Morgan fingerprint density at radius 2 is 1.85 bits per heavy atom. The molecule has 1 heterocycles. The first kappa shape index (κ1) is 18.9. The molecule has 2 unspecified atom stereocenters. The topological polar surface area (TPSA) is 47.9 Å². The number of hydrogen-bond donors (Lipinski definition) is 0. The Labute approximate surface area is 158 Å². The summed E-state index contributed by atoms with van der Waals surface area (Å²) in [6, 6.07) is 12.1. The summed E-state index contributed by atoms with van der Waals surface area (Å²) in [6.45, 7) is 4.14. The summed E-state index contributed by atoms with van der Waals surface area (Å²) < 4.78 is 23.3. The van der Waals surface area contributed by atoms with E-state index in [0.717, 1.165) is 34.9 Å². The lowest BCUT2D eigenvalue weighted by Crippen LogP contribution is -2.17. The monoisotopic (exact) mass is 373 g/mol. The second kappa shape index (κ2) is 9.17. The van der Waals surface area contributed by atoms with Crippen LogP contribution in [0.25, 0.3) is 10.8 Å². The van der Waals surface area contributed by atoms with E-state index in [1.807, 2.05) is 31.2 Å². The molecule has 26 heavy (non-hydrogen) atoms. The molecule has 0 spiro atoms. The second-order valence-electron chi connectivity index (χ2n) is 6.75. The number of rotatable bonds is 9. The van der Waals surface area contributed by atoms with Crippen molar-refractivity contribution in [2.24, 2.45) is 5.16 Å². The van der Waals surface area contributed by atoms with Crippen molar-refractivity contribution in [1.29, 1.82) is 0 Å². The van der Waals surface area contributed by atoms with Crippen LogP contribution in [0.3, 0.4) is 0 Å². The summed E-state index contributed by atoms with van der Waals surface area (Å²) in [5.74, 6) is 1.33. The summed E-state index contributed by atoms with van der Waals surface area (Å²) in [4.78, 5) is 0. The number of nitrogens with zero attached hydrogens (tertiary/aromatic N) is 1. The molecule has 5 heteroatoms. The zero-order valence-electron chi connectivity index (χ0n) is 15.6. The van der Waals surface area contributed by atoms with E-state index < -0.39 is 11.1 Å². The minimum atomic E-state index is -1.39. The van der Waals surface area contributed by atoms with Crippen LogP contribution in [0.15, 0.2) is 41.6 Å². The Kier molecular flexibility index (Phi) is 6.67. The molecule has 0 saturated heterocycles. The third-order valence-electron chi connectivity index (χ3n) is 4.72. The Morgan fingerprint density at radius 3 is 2.69 bits per heavy atom. The quantitative estimate of drug-likeness (QED) is 0.439. The van der Waals surface area contributed by atoms with Gasteiger partial charge in [-0.2, -0.15) is 0 Å². The van der Waals surface area contributed by atoms with E-state index in [0.29, 0.717) is 11.5 Å². The molecular formula is C21H27NO3S. The number of ether oxygens (including phenoxy) is 1. The van der Waals surface area contributed by atoms with E-state index in [-0.39, 0.29) is 6.10 Å². The van der Waals surface area contributed by atoms with Crippen molar-refractivity contribution in [3.8, 4) is 5.75 Å². The van der Waals surface area contributed by atoms with Gasteiger partial charge < -0.3 is 4.74 Å². The predicted molar refractivity (Wildman–Crippen MR) is 108 cm³/mol. The van der Waals surface area contributed by atoms with Gasteiger partial charge in [-0.1, -0.05) is 74.5 Å². The van der Waals surface area contributed by atoms with Gasteiger partial charge in [0.15, 0.2) is 0 Å². The second-order valence-corrected chi connectivity index (χ2v) is 7.91. The van der Waals surface area contributed by atoms with Gasteiger partial charge in [0.05, 0.1) is 11.3 Å². The van der Waals surface area contributed by atoms with Gasteiger partial charge in [0.25, 0.3) is 0 Å². The van der Waals surface area contributed by atoms with E-state index >= 15 is 0 Å². The van der Waals surface area contributed by atoms with Crippen molar-refractivity contribution in [3.05, 3.63) is 42.0 Å². The first-order valence-electron chi connectivity index (χ1n) is 9.53. The highest BCUT2D eigenvalue weighted by molar-refractivity contribution is 7.80. The predicted octanol–water partition coefficient (Wildman–Crippen LogP) is 5.37. The highest BCUT2D eigenvalue weighted by atomic mass is 32.2. The van der Waals surface area contributed by atoms with Crippen LogP contribution in [0.5, 0.6) is 5.75 Å². The zero-order chi connectivity index (χ0) is 18.4. The lowest BCUT2D eigenvalue weighted by atomic mass is 10.00. The lowest BCUT2D eigenvalue weighted by molar-refractivity contribution is 0.295. The first-order valence-corrected chi connectivity index (χ1v) is 10.8. The lowest BCUT2D eigenvalue weighted by Gasteiger charge is -2.05. The van der Waals surface area contributed by atoms with Gasteiger partial charge >= 0.3 is 0 Å². The van der Waals surface area contributed by atoms with Crippen molar-refractivity contribution < 1.29 is 13.2 Å². The molecule has 0 amide bonds. The molecule has 0 radical (unpaired) electrons. The molecule has 0 aromatic heterocycles. The Bertz CT molecular complexity index is 803. The number of benzene rings is 2. The third kappa shape index (κ3) is 4.44. The minimum absolute atomic E-state index is 0.207.